The molecule has 156 valence electrons. The van der Waals surface area contributed by atoms with Crippen molar-refractivity contribution in [1.82, 2.24) is 4.90 Å². The van der Waals surface area contributed by atoms with Gasteiger partial charge < -0.3 is 23.8 Å². The number of amides is 1. The Bertz CT molecular complexity index is 831. The molecule has 1 saturated heterocycles. The van der Waals surface area contributed by atoms with Gasteiger partial charge in [-0.2, -0.15) is 0 Å². The molecule has 0 N–H and O–H groups in total. The maximum Gasteiger partial charge on any atom is 0.410 e. The second-order valence-corrected chi connectivity index (χ2v) is 8.02. The van der Waals surface area contributed by atoms with Crippen molar-refractivity contribution in [3.63, 3.8) is 0 Å². The third-order valence-corrected chi connectivity index (χ3v) is 4.70. The van der Waals surface area contributed by atoms with E-state index in [-0.39, 0.29) is 18.3 Å². The maximum absolute atomic E-state index is 12.8. The highest BCUT2D eigenvalue weighted by molar-refractivity contribution is 5.68. The van der Waals surface area contributed by atoms with Crippen molar-refractivity contribution in [1.29, 1.82) is 0 Å². The van der Waals surface area contributed by atoms with Crippen molar-refractivity contribution in [2.45, 2.75) is 38.6 Å². The molecular weight excluding hydrogens is 370 g/mol. The van der Waals surface area contributed by atoms with Crippen LogP contribution in [-0.4, -0.2) is 43.9 Å². The predicted molar refractivity (Wildman–Crippen MR) is 110 cm³/mol. The summed E-state index contributed by atoms with van der Waals surface area (Å²) in [4.78, 5) is 14.5. The standard InChI is InChI=1S/C23H29NO5/c1-23(2,3)29-22(25)24-14-20(16-9-7-6-8-10-16)28-21(15-24)17-11-12-18(26-4)19(13-17)27-5/h6-13,20-21H,14-15H2,1-5H3/t20-,21+/m1/s1. The molecule has 1 aliphatic heterocycles. The van der Waals surface area contributed by atoms with Crippen molar-refractivity contribution >= 4 is 6.09 Å². The van der Waals surface area contributed by atoms with Gasteiger partial charge in [-0.1, -0.05) is 36.4 Å². The van der Waals surface area contributed by atoms with Crippen LogP contribution >= 0.6 is 0 Å². The summed E-state index contributed by atoms with van der Waals surface area (Å²) in [5, 5.41) is 0. The van der Waals surface area contributed by atoms with Gasteiger partial charge in [0.2, 0.25) is 0 Å². The highest BCUT2D eigenvalue weighted by Crippen LogP contribution is 2.37. The number of hydrogen-bond acceptors (Lipinski definition) is 5. The zero-order chi connectivity index (χ0) is 21.0. The van der Waals surface area contributed by atoms with Crippen LogP contribution in [0.3, 0.4) is 0 Å². The molecule has 0 unspecified atom stereocenters. The molecule has 0 bridgehead atoms. The molecule has 3 rings (SSSR count). The van der Waals surface area contributed by atoms with E-state index in [9.17, 15) is 4.79 Å². The van der Waals surface area contributed by atoms with Crippen LogP contribution in [0.2, 0.25) is 0 Å². The lowest BCUT2D eigenvalue weighted by Gasteiger charge is -2.39. The number of hydrogen-bond donors (Lipinski definition) is 0. The van der Waals surface area contributed by atoms with E-state index < -0.39 is 5.60 Å². The Kier molecular flexibility index (Phi) is 6.33. The first-order valence-electron chi connectivity index (χ1n) is 9.71. The third-order valence-electron chi connectivity index (χ3n) is 4.70. The summed E-state index contributed by atoms with van der Waals surface area (Å²) in [6.45, 7) is 6.43. The van der Waals surface area contributed by atoms with Crippen LogP contribution in [0.15, 0.2) is 48.5 Å². The van der Waals surface area contributed by atoms with Crippen LogP contribution in [0.25, 0.3) is 0 Å². The fourth-order valence-corrected chi connectivity index (χ4v) is 3.32. The summed E-state index contributed by atoms with van der Waals surface area (Å²) in [6, 6.07) is 15.6. The summed E-state index contributed by atoms with van der Waals surface area (Å²) in [6.07, 6.45) is -0.913. The van der Waals surface area contributed by atoms with E-state index in [1.54, 1.807) is 19.1 Å². The smallest absolute Gasteiger partial charge is 0.410 e. The van der Waals surface area contributed by atoms with Crippen LogP contribution in [0.4, 0.5) is 4.79 Å². The summed E-state index contributed by atoms with van der Waals surface area (Å²) in [5.74, 6) is 1.27. The average molecular weight is 399 g/mol. The molecule has 1 amide bonds. The maximum atomic E-state index is 12.8. The minimum Gasteiger partial charge on any atom is -0.493 e. The molecule has 6 heteroatoms. The molecule has 0 aromatic heterocycles. The second kappa shape index (κ2) is 8.74. The summed E-state index contributed by atoms with van der Waals surface area (Å²) in [7, 11) is 3.20. The van der Waals surface area contributed by atoms with Gasteiger partial charge in [-0.3, -0.25) is 0 Å². The van der Waals surface area contributed by atoms with Crippen molar-refractivity contribution < 1.29 is 23.7 Å². The zero-order valence-electron chi connectivity index (χ0n) is 17.7. The molecule has 0 radical (unpaired) electrons. The highest BCUT2D eigenvalue weighted by atomic mass is 16.6. The lowest BCUT2D eigenvalue weighted by Crippen LogP contribution is -2.45. The molecule has 0 saturated carbocycles. The summed E-state index contributed by atoms with van der Waals surface area (Å²) in [5.41, 5.74) is 1.37. The van der Waals surface area contributed by atoms with Gasteiger partial charge >= 0.3 is 6.09 Å². The summed E-state index contributed by atoms with van der Waals surface area (Å²) >= 11 is 0. The number of rotatable bonds is 4. The molecular formula is C23H29NO5. The first kappa shape index (κ1) is 21.0. The Balaban J connectivity index is 1.90. The average Bonchev–Trinajstić information content (AvgIpc) is 2.72. The van der Waals surface area contributed by atoms with Gasteiger partial charge in [0, 0.05) is 0 Å². The van der Waals surface area contributed by atoms with E-state index in [1.165, 1.54) is 0 Å². The first-order valence-corrected chi connectivity index (χ1v) is 9.71. The van der Waals surface area contributed by atoms with Crippen molar-refractivity contribution in [3.05, 3.63) is 59.7 Å². The normalized spacial score (nSPS) is 19.6. The van der Waals surface area contributed by atoms with Crippen LogP contribution in [0, 0.1) is 0 Å². The number of nitrogens with zero attached hydrogens (tertiary/aromatic N) is 1. The van der Waals surface area contributed by atoms with E-state index in [2.05, 4.69) is 0 Å². The second-order valence-electron chi connectivity index (χ2n) is 8.02. The molecule has 0 aliphatic carbocycles. The number of morpholine rings is 1. The van der Waals surface area contributed by atoms with E-state index in [4.69, 9.17) is 18.9 Å². The number of methoxy groups -OCH3 is 2. The van der Waals surface area contributed by atoms with Crippen LogP contribution in [0.5, 0.6) is 11.5 Å². The van der Waals surface area contributed by atoms with E-state index in [1.807, 2.05) is 69.3 Å². The lowest BCUT2D eigenvalue weighted by molar-refractivity contribution is -0.0910. The monoisotopic (exact) mass is 399 g/mol. The van der Waals surface area contributed by atoms with Gasteiger partial charge in [-0.15, -0.1) is 0 Å². The molecule has 2 atom stereocenters. The Labute approximate surface area is 172 Å². The Hall–Kier alpha value is -2.73. The number of carbonyl (C=O) groups excluding carboxylic acids is 1. The predicted octanol–water partition coefficient (Wildman–Crippen LogP) is 4.75. The minimum atomic E-state index is -0.559. The number of ether oxygens (including phenoxy) is 4. The Morgan fingerprint density at radius 1 is 0.931 bits per heavy atom. The Morgan fingerprint density at radius 2 is 1.55 bits per heavy atom. The largest absolute Gasteiger partial charge is 0.493 e. The van der Waals surface area contributed by atoms with Gasteiger partial charge in [-0.05, 0) is 44.0 Å². The SMILES string of the molecule is COc1ccc([C@@H]2CN(C(=O)OC(C)(C)C)C[C@H](c3ccccc3)O2)cc1OC. The van der Waals surface area contributed by atoms with Crippen LogP contribution < -0.4 is 9.47 Å². The van der Waals surface area contributed by atoms with E-state index >= 15 is 0 Å². The molecule has 6 nitrogen and oxygen atoms in total. The zero-order valence-corrected chi connectivity index (χ0v) is 17.7. The van der Waals surface area contributed by atoms with E-state index in [0.29, 0.717) is 24.6 Å². The molecule has 2 aromatic carbocycles. The molecule has 1 fully saturated rings. The topological polar surface area (TPSA) is 57.2 Å². The van der Waals surface area contributed by atoms with Gasteiger partial charge in [0.15, 0.2) is 11.5 Å². The fraction of sp³-hybridized carbons (Fsp3) is 0.435. The Morgan fingerprint density at radius 3 is 2.14 bits per heavy atom. The van der Waals surface area contributed by atoms with E-state index in [0.717, 1.165) is 11.1 Å². The summed E-state index contributed by atoms with van der Waals surface area (Å²) < 4.78 is 22.8. The van der Waals surface area contributed by atoms with Gasteiger partial charge in [0.1, 0.15) is 17.8 Å². The molecule has 29 heavy (non-hydrogen) atoms. The lowest BCUT2D eigenvalue weighted by atomic mass is 10.0. The van der Waals surface area contributed by atoms with Crippen molar-refractivity contribution in [3.8, 4) is 11.5 Å². The van der Waals surface area contributed by atoms with Crippen molar-refractivity contribution in [2.24, 2.45) is 0 Å². The fourth-order valence-electron chi connectivity index (χ4n) is 3.32. The van der Waals surface area contributed by atoms with Crippen LogP contribution in [0.1, 0.15) is 44.1 Å². The highest BCUT2D eigenvalue weighted by Gasteiger charge is 2.34. The third kappa shape index (κ3) is 5.21. The minimum absolute atomic E-state index is 0.254. The quantitative estimate of drug-likeness (QED) is 0.742. The number of carbonyl (C=O) groups is 1. The molecule has 1 aliphatic rings. The van der Waals surface area contributed by atoms with Gasteiger partial charge in [0.05, 0.1) is 27.3 Å². The molecule has 2 aromatic rings. The van der Waals surface area contributed by atoms with Gasteiger partial charge in [0.25, 0.3) is 0 Å². The number of benzene rings is 2. The van der Waals surface area contributed by atoms with Crippen LogP contribution in [-0.2, 0) is 9.47 Å². The molecule has 0 spiro atoms. The first-order chi connectivity index (χ1) is 13.8. The van der Waals surface area contributed by atoms with Gasteiger partial charge in [-0.25, -0.2) is 4.79 Å². The molecule has 1 heterocycles. The van der Waals surface area contributed by atoms with Crippen molar-refractivity contribution in [2.75, 3.05) is 27.3 Å².